The van der Waals surface area contributed by atoms with Gasteiger partial charge in [0.25, 0.3) is 0 Å². The van der Waals surface area contributed by atoms with Crippen LogP contribution in [0.2, 0.25) is 0 Å². The van der Waals surface area contributed by atoms with Gasteiger partial charge in [0.2, 0.25) is 0 Å². The van der Waals surface area contributed by atoms with E-state index in [2.05, 4.69) is 126 Å². The Hall–Kier alpha value is -3.24. The molecule has 43 heavy (non-hydrogen) atoms. The molecule has 2 aliphatic rings. The van der Waals surface area contributed by atoms with Crippen molar-refractivity contribution < 1.29 is 14.2 Å². The SMILES string of the molecule is CC1=C(C/C=C(\C)CC/C=C(\C)CCC2OC2(C)C)C(OCc2ccccc2)c2ccccc2C1OCc1ccccc1. The fourth-order valence-electron chi connectivity index (χ4n) is 6.10. The molecule has 226 valence electrons. The van der Waals surface area contributed by atoms with Gasteiger partial charge in [-0.25, -0.2) is 0 Å². The second-order valence-electron chi connectivity index (χ2n) is 12.8. The second-order valence-corrected chi connectivity index (χ2v) is 12.8. The molecule has 3 aromatic carbocycles. The summed E-state index contributed by atoms with van der Waals surface area (Å²) in [5.74, 6) is 0. The van der Waals surface area contributed by atoms with E-state index >= 15 is 0 Å². The van der Waals surface area contributed by atoms with Gasteiger partial charge in [-0.1, -0.05) is 108 Å². The van der Waals surface area contributed by atoms with Crippen LogP contribution in [0.5, 0.6) is 0 Å². The highest BCUT2D eigenvalue weighted by Crippen LogP contribution is 2.46. The molecule has 1 fully saturated rings. The maximum Gasteiger partial charge on any atom is 0.105 e. The lowest BCUT2D eigenvalue weighted by Gasteiger charge is -2.35. The van der Waals surface area contributed by atoms with Gasteiger partial charge < -0.3 is 14.2 Å². The van der Waals surface area contributed by atoms with Gasteiger partial charge in [-0.15, -0.1) is 0 Å². The Bertz CT molecular complexity index is 1430. The molecule has 3 heteroatoms. The summed E-state index contributed by atoms with van der Waals surface area (Å²) in [5.41, 5.74) is 10.3. The van der Waals surface area contributed by atoms with Gasteiger partial charge in [-0.05, 0) is 100 Å². The van der Waals surface area contributed by atoms with Crippen LogP contribution in [0.4, 0.5) is 0 Å². The minimum Gasteiger partial charge on any atom is -0.367 e. The van der Waals surface area contributed by atoms with Crippen molar-refractivity contribution in [1.29, 1.82) is 0 Å². The first kappa shape index (κ1) is 31.2. The van der Waals surface area contributed by atoms with Crippen molar-refractivity contribution in [2.45, 2.75) is 104 Å². The Morgan fingerprint density at radius 3 is 1.81 bits per heavy atom. The molecule has 0 bridgehead atoms. The van der Waals surface area contributed by atoms with Gasteiger partial charge >= 0.3 is 0 Å². The number of hydrogen-bond donors (Lipinski definition) is 0. The van der Waals surface area contributed by atoms with E-state index in [9.17, 15) is 0 Å². The van der Waals surface area contributed by atoms with Gasteiger partial charge in [-0.2, -0.15) is 0 Å². The molecule has 1 saturated heterocycles. The smallest absolute Gasteiger partial charge is 0.105 e. The van der Waals surface area contributed by atoms with Crippen LogP contribution in [-0.4, -0.2) is 11.7 Å². The van der Waals surface area contributed by atoms with Gasteiger partial charge in [-0.3, -0.25) is 0 Å². The van der Waals surface area contributed by atoms with Crippen LogP contribution < -0.4 is 0 Å². The van der Waals surface area contributed by atoms with Gasteiger partial charge in [0.05, 0.1) is 24.9 Å². The van der Waals surface area contributed by atoms with Crippen molar-refractivity contribution >= 4 is 0 Å². The monoisotopic (exact) mass is 576 g/mol. The molecule has 3 nitrogen and oxygen atoms in total. The van der Waals surface area contributed by atoms with E-state index in [1.807, 2.05) is 6.07 Å². The van der Waals surface area contributed by atoms with Gasteiger partial charge in [0.1, 0.15) is 12.2 Å². The standard InChI is InChI=1S/C40H48O3/c1-29(15-14-16-30(2)24-26-37-40(4,5)43-37)23-25-34-31(3)38(41-27-32-17-8-6-9-18-32)35-21-12-13-22-36(35)39(34)42-28-33-19-10-7-11-20-33/h6-13,16-23,37-39H,14-15,24-28H2,1-5H3/b29-23+,30-16+. The van der Waals surface area contributed by atoms with E-state index in [0.717, 1.165) is 32.1 Å². The molecule has 5 rings (SSSR count). The first-order chi connectivity index (χ1) is 20.8. The predicted octanol–water partition coefficient (Wildman–Crippen LogP) is 10.6. The molecule has 1 heterocycles. The lowest BCUT2D eigenvalue weighted by molar-refractivity contribution is 0.0324. The van der Waals surface area contributed by atoms with Crippen molar-refractivity contribution in [2.75, 3.05) is 0 Å². The third-order valence-electron chi connectivity index (χ3n) is 8.96. The van der Waals surface area contributed by atoms with Crippen molar-refractivity contribution in [3.63, 3.8) is 0 Å². The highest BCUT2D eigenvalue weighted by Gasteiger charge is 2.46. The zero-order valence-electron chi connectivity index (χ0n) is 26.6. The first-order valence-corrected chi connectivity index (χ1v) is 15.9. The summed E-state index contributed by atoms with van der Waals surface area (Å²) >= 11 is 0. The Morgan fingerprint density at radius 1 is 0.721 bits per heavy atom. The van der Waals surface area contributed by atoms with Crippen LogP contribution in [-0.2, 0) is 27.4 Å². The Kier molecular flexibility index (Phi) is 10.5. The van der Waals surface area contributed by atoms with E-state index in [1.54, 1.807) is 0 Å². The van der Waals surface area contributed by atoms with E-state index < -0.39 is 0 Å². The number of ether oxygens (including phenoxy) is 3. The van der Waals surface area contributed by atoms with Crippen LogP contribution in [0.15, 0.2) is 119 Å². The summed E-state index contributed by atoms with van der Waals surface area (Å²) in [6.45, 7) is 12.3. The molecule has 0 amide bonds. The van der Waals surface area contributed by atoms with E-state index in [1.165, 1.54) is 44.5 Å². The van der Waals surface area contributed by atoms with Crippen molar-refractivity contribution in [3.8, 4) is 0 Å². The third-order valence-corrected chi connectivity index (χ3v) is 8.96. The number of epoxide rings is 1. The molecular weight excluding hydrogens is 528 g/mol. The molecule has 0 spiro atoms. The maximum atomic E-state index is 6.74. The third kappa shape index (κ3) is 8.44. The van der Waals surface area contributed by atoms with Crippen LogP contribution in [0, 0.1) is 0 Å². The average molecular weight is 577 g/mol. The van der Waals surface area contributed by atoms with E-state index in [0.29, 0.717) is 19.3 Å². The van der Waals surface area contributed by atoms with Crippen LogP contribution >= 0.6 is 0 Å². The number of rotatable bonds is 14. The van der Waals surface area contributed by atoms with Crippen molar-refractivity contribution in [2.24, 2.45) is 0 Å². The summed E-state index contributed by atoms with van der Waals surface area (Å²) in [4.78, 5) is 0. The largest absolute Gasteiger partial charge is 0.367 e. The quantitative estimate of drug-likeness (QED) is 0.141. The van der Waals surface area contributed by atoms with Gasteiger partial charge in [0.15, 0.2) is 0 Å². The molecule has 3 aromatic rings. The van der Waals surface area contributed by atoms with Crippen LogP contribution in [0.25, 0.3) is 0 Å². The number of fused-ring (bicyclic) bond motifs is 1. The average Bonchev–Trinajstić information content (AvgIpc) is 3.64. The zero-order chi connectivity index (χ0) is 30.2. The zero-order valence-corrected chi connectivity index (χ0v) is 26.6. The topological polar surface area (TPSA) is 31.0 Å². The lowest BCUT2D eigenvalue weighted by atomic mass is 9.80. The molecule has 1 aliphatic heterocycles. The van der Waals surface area contributed by atoms with E-state index in [4.69, 9.17) is 14.2 Å². The first-order valence-electron chi connectivity index (χ1n) is 15.9. The minimum absolute atomic E-state index is 0.0836. The Morgan fingerprint density at radius 2 is 1.23 bits per heavy atom. The van der Waals surface area contributed by atoms with Gasteiger partial charge in [0, 0.05) is 0 Å². The van der Waals surface area contributed by atoms with Crippen molar-refractivity contribution in [1.82, 2.24) is 0 Å². The predicted molar refractivity (Wildman–Crippen MR) is 177 cm³/mol. The molecule has 1 aliphatic carbocycles. The highest BCUT2D eigenvalue weighted by molar-refractivity contribution is 5.46. The molecule has 0 N–H and O–H groups in total. The lowest BCUT2D eigenvalue weighted by Crippen LogP contribution is -2.22. The summed E-state index contributed by atoms with van der Waals surface area (Å²) in [6.07, 6.45) is 10.3. The molecule has 0 saturated carbocycles. The molecular formula is C40H48O3. The van der Waals surface area contributed by atoms with Crippen LogP contribution in [0.3, 0.4) is 0 Å². The summed E-state index contributed by atoms with van der Waals surface area (Å²) in [6, 6.07) is 29.6. The molecule has 3 unspecified atom stereocenters. The number of allylic oxidation sites excluding steroid dienone is 4. The summed E-state index contributed by atoms with van der Waals surface area (Å²) < 4.78 is 19.1. The fraction of sp³-hybridized carbons (Fsp3) is 0.400. The molecule has 3 atom stereocenters. The normalized spacial score (nSPS) is 21.6. The van der Waals surface area contributed by atoms with Crippen LogP contribution in [0.1, 0.15) is 101 Å². The highest BCUT2D eigenvalue weighted by atomic mass is 16.6. The maximum absolute atomic E-state index is 6.74. The fourth-order valence-corrected chi connectivity index (χ4v) is 6.10. The molecule has 0 radical (unpaired) electrons. The summed E-state index contributed by atoms with van der Waals surface area (Å²) in [5, 5.41) is 0. The minimum atomic E-state index is -0.104. The Labute approximate surface area is 259 Å². The Balaban J connectivity index is 1.31. The van der Waals surface area contributed by atoms with E-state index in [-0.39, 0.29) is 17.8 Å². The number of benzene rings is 3. The number of hydrogen-bond acceptors (Lipinski definition) is 3. The second kappa shape index (κ2) is 14.5. The van der Waals surface area contributed by atoms with Crippen molar-refractivity contribution in [3.05, 3.63) is 142 Å². The summed E-state index contributed by atoms with van der Waals surface area (Å²) in [7, 11) is 0. The molecule has 0 aromatic heterocycles.